The molecule has 8 heteroatoms. The van der Waals surface area contributed by atoms with E-state index in [2.05, 4.69) is 21.4 Å². The molecule has 1 N–H and O–H groups in total. The van der Waals surface area contributed by atoms with Gasteiger partial charge in [-0.2, -0.15) is 5.26 Å². The monoisotopic (exact) mass is 415 g/mol. The van der Waals surface area contributed by atoms with E-state index in [1.54, 1.807) is 18.3 Å². The molecule has 0 saturated carbocycles. The summed E-state index contributed by atoms with van der Waals surface area (Å²) in [6, 6.07) is 20.6. The van der Waals surface area contributed by atoms with Gasteiger partial charge in [-0.15, -0.1) is 0 Å². The lowest BCUT2D eigenvalue weighted by molar-refractivity contribution is -0.384. The summed E-state index contributed by atoms with van der Waals surface area (Å²) in [6.07, 6.45) is 1.70. The van der Waals surface area contributed by atoms with E-state index < -0.39 is 4.92 Å². The molecule has 0 aliphatic carbocycles. The molecule has 0 aliphatic rings. The van der Waals surface area contributed by atoms with Gasteiger partial charge in [0.2, 0.25) is 0 Å². The Morgan fingerprint density at radius 3 is 2.67 bits per heavy atom. The van der Waals surface area contributed by atoms with Gasteiger partial charge in [0.25, 0.3) is 5.69 Å². The van der Waals surface area contributed by atoms with Gasteiger partial charge in [-0.3, -0.25) is 15.1 Å². The van der Waals surface area contributed by atoms with Crippen molar-refractivity contribution < 1.29 is 4.92 Å². The third-order valence-corrected chi connectivity index (χ3v) is 4.82. The molecule has 0 saturated heterocycles. The highest BCUT2D eigenvalue weighted by molar-refractivity contribution is 6.30. The molecule has 1 atom stereocenters. The van der Waals surface area contributed by atoms with Gasteiger partial charge in [0.15, 0.2) is 0 Å². The van der Waals surface area contributed by atoms with Gasteiger partial charge in [-0.25, -0.2) is 4.98 Å². The van der Waals surface area contributed by atoms with Crippen molar-refractivity contribution in [2.45, 2.75) is 6.04 Å². The summed E-state index contributed by atoms with van der Waals surface area (Å²) in [4.78, 5) is 19.6. The van der Waals surface area contributed by atoms with Crippen LogP contribution in [-0.4, -0.2) is 14.9 Å². The molecule has 0 aliphatic heterocycles. The minimum atomic E-state index is -0.497. The topological polar surface area (TPSA) is 105 Å². The highest BCUT2D eigenvalue weighted by Crippen LogP contribution is 2.30. The van der Waals surface area contributed by atoms with E-state index in [-0.39, 0.29) is 17.3 Å². The molecule has 0 amide bonds. The number of halogens is 1. The zero-order valence-corrected chi connectivity index (χ0v) is 16.2. The number of nitro benzene ring substituents is 1. The molecule has 0 spiro atoms. The molecular weight excluding hydrogens is 402 g/mol. The van der Waals surface area contributed by atoms with Crippen LogP contribution in [0.15, 0.2) is 72.9 Å². The number of anilines is 1. The Labute approximate surface area is 176 Å². The van der Waals surface area contributed by atoms with Gasteiger partial charge in [0.05, 0.1) is 33.8 Å². The Bertz CT molecular complexity index is 1290. The smallest absolute Gasteiger partial charge is 0.270 e. The summed E-state index contributed by atoms with van der Waals surface area (Å²) < 4.78 is 0. The van der Waals surface area contributed by atoms with Crippen LogP contribution in [0.4, 0.5) is 11.5 Å². The second-order valence-electron chi connectivity index (χ2n) is 6.51. The number of hydrogen-bond donors (Lipinski definition) is 1. The van der Waals surface area contributed by atoms with Gasteiger partial charge in [0, 0.05) is 28.7 Å². The standard InChI is InChI=1S/C22H14ClN5O2/c23-16-5-3-4-14(10-16)22(20-6-1-2-9-25-20)27-21-11-15(13-24)18-12-17(28(29)30)7-8-19(18)26-21/h1-12,22H,(H,26,27). The number of pyridine rings is 2. The minimum Gasteiger partial charge on any atom is -0.358 e. The number of fused-ring (bicyclic) bond motifs is 1. The van der Waals surface area contributed by atoms with Crippen molar-refractivity contribution in [3.8, 4) is 6.07 Å². The number of rotatable bonds is 5. The van der Waals surface area contributed by atoms with E-state index in [4.69, 9.17) is 11.6 Å². The number of nitrogens with one attached hydrogen (secondary N) is 1. The highest BCUT2D eigenvalue weighted by Gasteiger charge is 2.18. The lowest BCUT2D eigenvalue weighted by Crippen LogP contribution is -2.15. The molecule has 4 rings (SSSR count). The Morgan fingerprint density at radius 2 is 1.97 bits per heavy atom. The number of aromatic nitrogens is 2. The largest absolute Gasteiger partial charge is 0.358 e. The van der Waals surface area contributed by atoms with E-state index in [0.717, 1.165) is 11.3 Å². The maximum Gasteiger partial charge on any atom is 0.270 e. The van der Waals surface area contributed by atoms with Crippen molar-refractivity contribution in [2.75, 3.05) is 5.32 Å². The molecule has 7 nitrogen and oxygen atoms in total. The number of nitro groups is 1. The van der Waals surface area contributed by atoms with Crippen LogP contribution in [0.3, 0.4) is 0 Å². The molecule has 4 aromatic rings. The molecule has 0 bridgehead atoms. The van der Waals surface area contributed by atoms with Gasteiger partial charge < -0.3 is 5.32 Å². The van der Waals surface area contributed by atoms with Crippen molar-refractivity contribution in [1.82, 2.24) is 9.97 Å². The first-order valence-corrected chi connectivity index (χ1v) is 9.35. The summed E-state index contributed by atoms with van der Waals surface area (Å²) >= 11 is 6.18. The number of benzene rings is 2. The first-order chi connectivity index (χ1) is 14.5. The van der Waals surface area contributed by atoms with Crippen molar-refractivity contribution in [3.63, 3.8) is 0 Å². The lowest BCUT2D eigenvalue weighted by Gasteiger charge is -2.20. The number of nitrogens with zero attached hydrogens (tertiary/aromatic N) is 4. The van der Waals surface area contributed by atoms with Crippen LogP contribution in [-0.2, 0) is 0 Å². The summed E-state index contributed by atoms with van der Waals surface area (Å²) in [5, 5.41) is 25.0. The molecule has 1 unspecified atom stereocenters. The number of non-ortho nitro benzene ring substituents is 1. The molecule has 146 valence electrons. The third-order valence-electron chi connectivity index (χ3n) is 4.58. The summed E-state index contributed by atoms with van der Waals surface area (Å²) in [7, 11) is 0. The van der Waals surface area contributed by atoms with E-state index in [9.17, 15) is 15.4 Å². The second kappa shape index (κ2) is 8.15. The summed E-state index contributed by atoms with van der Waals surface area (Å²) in [5.41, 5.74) is 2.31. The maximum absolute atomic E-state index is 11.1. The van der Waals surface area contributed by atoms with Gasteiger partial charge in [-0.1, -0.05) is 29.8 Å². The normalized spacial score (nSPS) is 11.6. The third kappa shape index (κ3) is 3.90. The van der Waals surface area contributed by atoms with Crippen molar-refractivity contribution in [2.24, 2.45) is 0 Å². The minimum absolute atomic E-state index is 0.0909. The Balaban J connectivity index is 1.80. The predicted molar refractivity (Wildman–Crippen MR) is 114 cm³/mol. The summed E-state index contributed by atoms with van der Waals surface area (Å²) in [6.45, 7) is 0. The summed E-state index contributed by atoms with van der Waals surface area (Å²) in [5.74, 6) is 0.448. The van der Waals surface area contributed by atoms with Crippen LogP contribution in [0.2, 0.25) is 5.02 Å². The quantitative estimate of drug-likeness (QED) is 0.352. The zero-order chi connectivity index (χ0) is 21.1. The molecule has 2 heterocycles. The Morgan fingerprint density at radius 1 is 1.10 bits per heavy atom. The number of hydrogen-bond acceptors (Lipinski definition) is 6. The average Bonchev–Trinajstić information content (AvgIpc) is 2.77. The van der Waals surface area contributed by atoms with Crippen LogP contribution in [0.5, 0.6) is 0 Å². The zero-order valence-electron chi connectivity index (χ0n) is 15.5. The van der Waals surface area contributed by atoms with Gasteiger partial charge >= 0.3 is 0 Å². The van der Waals surface area contributed by atoms with E-state index in [1.165, 1.54) is 18.2 Å². The van der Waals surface area contributed by atoms with Gasteiger partial charge in [-0.05, 0) is 42.0 Å². The van der Waals surface area contributed by atoms with Crippen molar-refractivity contribution in [1.29, 1.82) is 5.26 Å². The fourth-order valence-corrected chi connectivity index (χ4v) is 3.40. The fraction of sp³-hybridized carbons (Fsp3) is 0.0455. The highest BCUT2D eigenvalue weighted by atomic mass is 35.5. The second-order valence-corrected chi connectivity index (χ2v) is 6.95. The van der Waals surface area contributed by atoms with E-state index >= 15 is 0 Å². The molecule has 2 aromatic heterocycles. The first kappa shape index (κ1) is 19.3. The molecular formula is C22H14ClN5O2. The predicted octanol–water partition coefficient (Wildman–Crippen LogP) is 5.26. The van der Waals surface area contributed by atoms with Crippen LogP contribution in [0, 0.1) is 21.4 Å². The van der Waals surface area contributed by atoms with Crippen molar-refractivity contribution >= 4 is 34.0 Å². The first-order valence-electron chi connectivity index (χ1n) is 8.97. The Kier molecular flexibility index (Phi) is 5.24. The van der Waals surface area contributed by atoms with E-state index in [0.29, 0.717) is 21.7 Å². The molecule has 0 radical (unpaired) electrons. The van der Waals surface area contributed by atoms with Crippen LogP contribution >= 0.6 is 11.6 Å². The molecule has 0 fully saturated rings. The average molecular weight is 416 g/mol. The van der Waals surface area contributed by atoms with E-state index in [1.807, 2.05) is 36.4 Å². The maximum atomic E-state index is 11.1. The van der Waals surface area contributed by atoms with Crippen LogP contribution in [0.25, 0.3) is 10.9 Å². The SMILES string of the molecule is N#Cc1cc(NC(c2cccc(Cl)c2)c2ccccn2)nc2ccc([N+](=O)[O-])cc12. The van der Waals surface area contributed by atoms with Crippen molar-refractivity contribution in [3.05, 3.63) is 105 Å². The Hall–Kier alpha value is -4.02. The lowest BCUT2D eigenvalue weighted by atomic mass is 10.0. The number of nitriles is 1. The fourth-order valence-electron chi connectivity index (χ4n) is 3.20. The molecule has 2 aromatic carbocycles. The van der Waals surface area contributed by atoms with Gasteiger partial charge in [0.1, 0.15) is 5.82 Å². The molecule has 30 heavy (non-hydrogen) atoms. The van der Waals surface area contributed by atoms with Crippen LogP contribution in [0.1, 0.15) is 22.9 Å². The van der Waals surface area contributed by atoms with Crippen LogP contribution < -0.4 is 5.32 Å².